The van der Waals surface area contributed by atoms with E-state index in [-0.39, 0.29) is 18.1 Å². The molecule has 0 heterocycles. The molecule has 0 spiro atoms. The maximum atomic E-state index is 8.78. The summed E-state index contributed by atoms with van der Waals surface area (Å²) >= 11 is 0. The number of hydrogen-bond donors (Lipinski definition) is 3. The topological polar surface area (TPSA) is 84.6 Å². The zero-order valence-electron chi connectivity index (χ0n) is 5.12. The van der Waals surface area contributed by atoms with E-state index in [1.807, 2.05) is 0 Å². The van der Waals surface area contributed by atoms with Crippen LogP contribution in [0.1, 0.15) is 12.8 Å². The second kappa shape index (κ2) is 2.23. The van der Waals surface area contributed by atoms with E-state index in [1.165, 1.54) is 0 Å². The molecule has 1 rings (SSSR count). The van der Waals surface area contributed by atoms with Crippen molar-refractivity contribution in [1.29, 1.82) is 0 Å². The van der Waals surface area contributed by atoms with Crippen molar-refractivity contribution in [1.82, 2.24) is 0 Å². The Morgan fingerprint density at radius 3 is 2.33 bits per heavy atom. The summed E-state index contributed by atoms with van der Waals surface area (Å²) in [6.07, 6.45) is 1.23. The van der Waals surface area contributed by atoms with E-state index in [1.54, 1.807) is 0 Å². The first-order chi connectivity index (χ1) is 4.18. The highest BCUT2D eigenvalue weighted by Crippen LogP contribution is 2.22. The molecule has 0 unspecified atom stereocenters. The van der Waals surface area contributed by atoms with Crippen LogP contribution in [-0.2, 0) is 0 Å². The summed E-state index contributed by atoms with van der Waals surface area (Å²) in [5, 5.41) is 8.78. The Morgan fingerprint density at radius 1 is 1.44 bits per heavy atom. The minimum absolute atomic E-state index is 0.118. The Morgan fingerprint density at radius 2 is 2.00 bits per heavy atom. The second-order valence-electron chi connectivity index (χ2n) is 2.33. The summed E-state index contributed by atoms with van der Waals surface area (Å²) in [5.41, 5.74) is 10.2. The van der Waals surface area contributed by atoms with Gasteiger partial charge in [0, 0.05) is 0 Å². The first-order valence-corrected chi connectivity index (χ1v) is 2.95. The van der Waals surface area contributed by atoms with E-state index in [9.17, 15) is 0 Å². The highest BCUT2D eigenvalue weighted by Gasteiger charge is 2.26. The molecule has 0 atom stereocenters. The highest BCUT2D eigenvalue weighted by molar-refractivity contribution is 5.75. The van der Waals surface area contributed by atoms with Gasteiger partial charge >= 0.3 is 0 Å². The average molecular weight is 129 g/mol. The van der Waals surface area contributed by atoms with E-state index in [2.05, 4.69) is 4.99 Å². The van der Waals surface area contributed by atoms with Crippen LogP contribution in [0.3, 0.4) is 0 Å². The fraction of sp³-hybridized carbons (Fsp3) is 0.800. The Bertz CT molecular complexity index is 124. The van der Waals surface area contributed by atoms with Crippen LogP contribution < -0.4 is 11.5 Å². The molecule has 0 aromatic rings. The summed E-state index contributed by atoms with van der Waals surface area (Å²) in [6, 6.07) is 0.171. The van der Waals surface area contributed by atoms with Crippen molar-refractivity contribution in [2.45, 2.75) is 25.0 Å². The van der Waals surface area contributed by atoms with Crippen molar-refractivity contribution >= 4 is 5.96 Å². The number of guanidine groups is 1. The van der Waals surface area contributed by atoms with Crippen molar-refractivity contribution in [3.05, 3.63) is 0 Å². The number of rotatable bonds is 1. The van der Waals surface area contributed by atoms with Gasteiger partial charge in [0.2, 0.25) is 0 Å². The normalized spacial score (nSPS) is 33.0. The zero-order valence-corrected chi connectivity index (χ0v) is 5.12. The number of aliphatic hydroxyl groups excluding tert-OH is 1. The quantitative estimate of drug-likeness (QED) is 0.306. The van der Waals surface area contributed by atoms with Crippen LogP contribution in [-0.4, -0.2) is 23.2 Å². The Hall–Kier alpha value is -0.770. The van der Waals surface area contributed by atoms with Crippen LogP contribution in [0, 0.1) is 0 Å². The molecular formula is C5H11N3O. The van der Waals surface area contributed by atoms with Gasteiger partial charge in [-0.25, -0.2) is 0 Å². The van der Waals surface area contributed by atoms with Crippen molar-refractivity contribution in [2.75, 3.05) is 0 Å². The van der Waals surface area contributed by atoms with Gasteiger partial charge in [0.25, 0.3) is 0 Å². The molecular weight excluding hydrogens is 118 g/mol. The van der Waals surface area contributed by atoms with E-state index < -0.39 is 0 Å². The fourth-order valence-electron chi connectivity index (χ4n) is 0.875. The Labute approximate surface area is 53.6 Å². The van der Waals surface area contributed by atoms with Gasteiger partial charge in [-0.2, -0.15) is 0 Å². The minimum atomic E-state index is -0.182. The molecule has 0 saturated heterocycles. The predicted molar refractivity (Wildman–Crippen MR) is 34.8 cm³/mol. The Balaban J connectivity index is 2.25. The fourth-order valence-corrected chi connectivity index (χ4v) is 0.875. The lowest BCUT2D eigenvalue weighted by Gasteiger charge is -2.27. The lowest BCUT2D eigenvalue weighted by molar-refractivity contribution is 0.0778. The molecule has 1 fully saturated rings. The molecule has 4 nitrogen and oxygen atoms in total. The lowest BCUT2D eigenvalue weighted by atomic mass is 9.90. The van der Waals surface area contributed by atoms with E-state index >= 15 is 0 Å². The lowest BCUT2D eigenvalue weighted by Crippen LogP contribution is -2.35. The molecule has 52 valence electrons. The maximum absolute atomic E-state index is 8.78. The standard InChI is InChI=1S/C5H11N3O/c6-5(7)8-3-1-4(9)2-3/h3-4,9H,1-2H2,(H4,6,7,8). The van der Waals surface area contributed by atoms with E-state index in [0.717, 1.165) is 0 Å². The largest absolute Gasteiger partial charge is 0.393 e. The molecule has 4 heteroatoms. The van der Waals surface area contributed by atoms with Gasteiger partial charge in [-0.1, -0.05) is 0 Å². The number of hydrogen-bond acceptors (Lipinski definition) is 2. The average Bonchev–Trinajstić information content (AvgIpc) is 1.60. The van der Waals surface area contributed by atoms with E-state index in [4.69, 9.17) is 16.6 Å². The third kappa shape index (κ3) is 1.57. The smallest absolute Gasteiger partial charge is 0.186 e. The molecule has 5 N–H and O–H groups in total. The molecule has 9 heavy (non-hydrogen) atoms. The predicted octanol–water partition coefficient (Wildman–Crippen LogP) is -1.22. The summed E-state index contributed by atoms with van der Waals surface area (Å²) in [5.74, 6) is 0.118. The molecule has 0 bridgehead atoms. The van der Waals surface area contributed by atoms with Crippen LogP contribution in [0.2, 0.25) is 0 Å². The molecule has 0 aromatic heterocycles. The molecule has 0 aromatic carbocycles. The molecule has 1 aliphatic carbocycles. The van der Waals surface area contributed by atoms with Crippen molar-refractivity contribution < 1.29 is 5.11 Å². The SMILES string of the molecule is NC(N)=NC1CC(O)C1. The summed E-state index contributed by atoms with van der Waals surface area (Å²) in [4.78, 5) is 3.85. The number of aliphatic hydroxyl groups is 1. The van der Waals surface area contributed by atoms with Crippen LogP contribution in [0.5, 0.6) is 0 Å². The Kier molecular flexibility index (Phi) is 1.57. The maximum Gasteiger partial charge on any atom is 0.186 e. The number of aliphatic imine (C=N–C) groups is 1. The van der Waals surface area contributed by atoms with Gasteiger partial charge in [0.05, 0.1) is 12.1 Å². The molecule has 1 saturated carbocycles. The van der Waals surface area contributed by atoms with E-state index in [0.29, 0.717) is 12.8 Å². The number of nitrogens with zero attached hydrogens (tertiary/aromatic N) is 1. The van der Waals surface area contributed by atoms with Crippen LogP contribution >= 0.6 is 0 Å². The third-order valence-electron chi connectivity index (χ3n) is 1.42. The van der Waals surface area contributed by atoms with Gasteiger partial charge in [-0.15, -0.1) is 0 Å². The van der Waals surface area contributed by atoms with Gasteiger partial charge in [-0.05, 0) is 12.8 Å². The van der Waals surface area contributed by atoms with Crippen molar-refractivity contribution in [3.63, 3.8) is 0 Å². The van der Waals surface area contributed by atoms with Crippen molar-refractivity contribution in [3.8, 4) is 0 Å². The van der Waals surface area contributed by atoms with Gasteiger partial charge < -0.3 is 16.6 Å². The van der Waals surface area contributed by atoms with Gasteiger partial charge in [0.15, 0.2) is 5.96 Å². The summed E-state index contributed by atoms with van der Waals surface area (Å²) in [7, 11) is 0. The number of nitrogens with two attached hydrogens (primary N) is 2. The first kappa shape index (κ1) is 6.35. The van der Waals surface area contributed by atoms with Crippen molar-refractivity contribution in [2.24, 2.45) is 16.5 Å². The molecule has 0 aliphatic heterocycles. The van der Waals surface area contributed by atoms with Crippen LogP contribution in [0.25, 0.3) is 0 Å². The summed E-state index contributed by atoms with van der Waals surface area (Å²) < 4.78 is 0. The van der Waals surface area contributed by atoms with Crippen LogP contribution in [0.15, 0.2) is 4.99 Å². The van der Waals surface area contributed by atoms with Crippen LogP contribution in [0.4, 0.5) is 0 Å². The molecule has 1 aliphatic rings. The third-order valence-corrected chi connectivity index (χ3v) is 1.42. The highest BCUT2D eigenvalue weighted by atomic mass is 16.3. The molecule has 0 radical (unpaired) electrons. The zero-order chi connectivity index (χ0) is 6.85. The van der Waals surface area contributed by atoms with Gasteiger partial charge in [-0.3, -0.25) is 4.99 Å². The molecule has 0 amide bonds. The summed E-state index contributed by atoms with van der Waals surface area (Å²) in [6.45, 7) is 0. The first-order valence-electron chi connectivity index (χ1n) is 2.95. The monoisotopic (exact) mass is 129 g/mol. The minimum Gasteiger partial charge on any atom is -0.393 e. The van der Waals surface area contributed by atoms with Gasteiger partial charge in [0.1, 0.15) is 0 Å². The second-order valence-corrected chi connectivity index (χ2v) is 2.33.